The molecule has 0 heterocycles. The van der Waals surface area contributed by atoms with Gasteiger partial charge >= 0.3 is 0 Å². The molecular weight excluding hydrogens is 212 g/mol. The molecule has 0 amide bonds. The molecule has 2 heteroatoms. The van der Waals surface area contributed by atoms with Crippen molar-refractivity contribution in [2.24, 2.45) is 11.3 Å². The van der Waals surface area contributed by atoms with Crippen molar-refractivity contribution < 1.29 is 10.2 Å². The van der Waals surface area contributed by atoms with Gasteiger partial charge in [0, 0.05) is 6.42 Å². The zero-order valence-electron chi connectivity index (χ0n) is 10.9. The maximum absolute atomic E-state index is 9.55. The average Bonchev–Trinajstić information content (AvgIpc) is 2.30. The molecule has 2 nitrogen and oxygen atoms in total. The van der Waals surface area contributed by atoms with E-state index in [9.17, 15) is 10.2 Å². The van der Waals surface area contributed by atoms with E-state index in [1.165, 1.54) is 5.57 Å². The van der Waals surface area contributed by atoms with E-state index in [1.807, 2.05) is 6.08 Å². The molecule has 2 aliphatic rings. The van der Waals surface area contributed by atoms with Gasteiger partial charge in [0.25, 0.3) is 0 Å². The molecule has 0 aliphatic heterocycles. The van der Waals surface area contributed by atoms with Crippen molar-refractivity contribution in [2.45, 2.75) is 58.5 Å². The Kier molecular flexibility index (Phi) is 3.62. The largest absolute Gasteiger partial charge is 0.513 e. The Morgan fingerprint density at radius 3 is 2.41 bits per heavy atom. The molecule has 17 heavy (non-hydrogen) atoms. The first-order chi connectivity index (χ1) is 8.00. The second kappa shape index (κ2) is 4.85. The minimum absolute atomic E-state index is 0.134. The lowest BCUT2D eigenvalue weighted by molar-refractivity contribution is 0.148. The molecule has 0 saturated heterocycles. The Labute approximate surface area is 104 Å². The van der Waals surface area contributed by atoms with E-state index in [1.54, 1.807) is 0 Å². The predicted molar refractivity (Wildman–Crippen MR) is 69.8 cm³/mol. The molecular formula is C15H24O2. The summed E-state index contributed by atoms with van der Waals surface area (Å²) in [6.45, 7) is 4.63. The lowest BCUT2D eigenvalue weighted by Gasteiger charge is -2.40. The molecule has 0 aromatic rings. The maximum atomic E-state index is 9.55. The fourth-order valence-corrected chi connectivity index (χ4v) is 3.14. The molecule has 2 aliphatic carbocycles. The zero-order chi connectivity index (χ0) is 12.5. The van der Waals surface area contributed by atoms with Crippen LogP contribution in [-0.2, 0) is 0 Å². The summed E-state index contributed by atoms with van der Waals surface area (Å²) >= 11 is 0. The molecule has 0 fully saturated rings. The van der Waals surface area contributed by atoms with Gasteiger partial charge < -0.3 is 10.2 Å². The van der Waals surface area contributed by atoms with Crippen LogP contribution >= 0.6 is 0 Å². The zero-order valence-corrected chi connectivity index (χ0v) is 10.9. The fraction of sp³-hybridized carbons (Fsp3) is 0.733. The summed E-state index contributed by atoms with van der Waals surface area (Å²) in [5, 5.41) is 19.0. The van der Waals surface area contributed by atoms with Crippen LogP contribution < -0.4 is 0 Å². The molecule has 2 rings (SSSR count). The van der Waals surface area contributed by atoms with Crippen LogP contribution in [0.2, 0.25) is 0 Å². The third-order valence-corrected chi connectivity index (χ3v) is 4.62. The molecule has 0 aromatic carbocycles. The van der Waals surface area contributed by atoms with Crippen LogP contribution in [0.3, 0.4) is 0 Å². The van der Waals surface area contributed by atoms with Crippen LogP contribution in [0.4, 0.5) is 0 Å². The quantitative estimate of drug-likeness (QED) is 0.717. The summed E-state index contributed by atoms with van der Waals surface area (Å²) in [5.41, 5.74) is 1.71. The highest BCUT2D eigenvalue weighted by atomic mass is 16.3. The standard InChI is InChI=1S/C15H24O2/c1-15(2,11-3-7-13(16)8-4-11)12-5-9-14(17)10-6-12/h3,9,12-13,16-17H,4-8,10H2,1-2H3. The van der Waals surface area contributed by atoms with Crippen LogP contribution in [0.5, 0.6) is 0 Å². The second-order valence-corrected chi connectivity index (χ2v) is 6.05. The minimum atomic E-state index is -0.134. The summed E-state index contributed by atoms with van der Waals surface area (Å²) in [6, 6.07) is 0. The second-order valence-electron chi connectivity index (χ2n) is 6.05. The van der Waals surface area contributed by atoms with Crippen LogP contribution in [0, 0.1) is 11.3 Å². The van der Waals surface area contributed by atoms with Gasteiger partial charge in [0.1, 0.15) is 0 Å². The Hall–Kier alpha value is -0.760. The maximum Gasteiger partial charge on any atom is 0.0883 e. The van der Waals surface area contributed by atoms with Crippen molar-refractivity contribution in [3.63, 3.8) is 0 Å². The average molecular weight is 236 g/mol. The van der Waals surface area contributed by atoms with Gasteiger partial charge in [0.15, 0.2) is 0 Å². The van der Waals surface area contributed by atoms with E-state index in [0.717, 1.165) is 38.5 Å². The lowest BCUT2D eigenvalue weighted by Crippen LogP contribution is -2.30. The smallest absolute Gasteiger partial charge is 0.0883 e. The van der Waals surface area contributed by atoms with Gasteiger partial charge in [0.05, 0.1) is 11.9 Å². The summed E-state index contributed by atoms with van der Waals surface area (Å²) in [5.74, 6) is 1.19. The fourth-order valence-electron chi connectivity index (χ4n) is 3.14. The number of hydrogen-bond acceptors (Lipinski definition) is 2. The number of aliphatic hydroxyl groups is 2. The third-order valence-electron chi connectivity index (χ3n) is 4.62. The molecule has 2 unspecified atom stereocenters. The Morgan fingerprint density at radius 2 is 1.88 bits per heavy atom. The number of aliphatic hydroxyl groups excluding tert-OH is 2. The first kappa shape index (κ1) is 12.7. The lowest BCUT2D eigenvalue weighted by atomic mass is 9.66. The Bertz CT molecular complexity index is 339. The highest BCUT2D eigenvalue weighted by molar-refractivity contribution is 5.18. The molecule has 2 atom stereocenters. The van der Waals surface area contributed by atoms with Gasteiger partial charge in [-0.05, 0) is 49.5 Å². The van der Waals surface area contributed by atoms with E-state index in [0.29, 0.717) is 11.7 Å². The van der Waals surface area contributed by atoms with Gasteiger partial charge in [-0.15, -0.1) is 0 Å². The highest BCUT2D eigenvalue weighted by Crippen LogP contribution is 2.45. The molecule has 0 spiro atoms. The van der Waals surface area contributed by atoms with Crippen LogP contribution in [0.25, 0.3) is 0 Å². The first-order valence-corrected chi connectivity index (χ1v) is 6.75. The van der Waals surface area contributed by atoms with Crippen molar-refractivity contribution in [1.29, 1.82) is 0 Å². The van der Waals surface area contributed by atoms with Crippen LogP contribution in [-0.4, -0.2) is 16.3 Å². The molecule has 0 aromatic heterocycles. The van der Waals surface area contributed by atoms with Gasteiger partial charge in [-0.1, -0.05) is 25.5 Å². The highest BCUT2D eigenvalue weighted by Gasteiger charge is 2.34. The molecule has 0 saturated carbocycles. The van der Waals surface area contributed by atoms with Crippen molar-refractivity contribution in [3.8, 4) is 0 Å². The van der Waals surface area contributed by atoms with Gasteiger partial charge in [-0.25, -0.2) is 0 Å². The van der Waals surface area contributed by atoms with Gasteiger partial charge in [-0.2, -0.15) is 0 Å². The minimum Gasteiger partial charge on any atom is -0.513 e. The normalized spacial score (nSPS) is 30.8. The number of allylic oxidation sites excluding steroid dienone is 3. The van der Waals surface area contributed by atoms with E-state index in [2.05, 4.69) is 19.9 Å². The number of rotatable bonds is 2. The van der Waals surface area contributed by atoms with E-state index < -0.39 is 0 Å². The topological polar surface area (TPSA) is 40.5 Å². The van der Waals surface area contributed by atoms with Crippen molar-refractivity contribution in [3.05, 3.63) is 23.5 Å². The monoisotopic (exact) mass is 236 g/mol. The number of hydrogen-bond donors (Lipinski definition) is 2. The predicted octanol–water partition coefficient (Wildman–Crippen LogP) is 3.73. The third kappa shape index (κ3) is 2.74. The van der Waals surface area contributed by atoms with Crippen LogP contribution in [0.15, 0.2) is 23.5 Å². The molecule has 0 radical (unpaired) electrons. The van der Waals surface area contributed by atoms with Crippen molar-refractivity contribution in [1.82, 2.24) is 0 Å². The first-order valence-electron chi connectivity index (χ1n) is 6.75. The Morgan fingerprint density at radius 1 is 1.12 bits per heavy atom. The summed E-state index contributed by atoms with van der Waals surface area (Å²) in [4.78, 5) is 0. The van der Waals surface area contributed by atoms with Gasteiger partial charge in [0.2, 0.25) is 0 Å². The molecule has 2 N–H and O–H groups in total. The molecule has 0 bridgehead atoms. The van der Waals surface area contributed by atoms with Gasteiger partial charge in [-0.3, -0.25) is 0 Å². The van der Waals surface area contributed by atoms with E-state index in [4.69, 9.17) is 0 Å². The summed E-state index contributed by atoms with van der Waals surface area (Å²) in [7, 11) is 0. The van der Waals surface area contributed by atoms with E-state index in [-0.39, 0.29) is 11.5 Å². The summed E-state index contributed by atoms with van der Waals surface area (Å²) in [6.07, 6.45) is 9.72. The van der Waals surface area contributed by atoms with Crippen LogP contribution in [0.1, 0.15) is 52.4 Å². The van der Waals surface area contributed by atoms with E-state index >= 15 is 0 Å². The SMILES string of the molecule is CC(C)(C1=CCC(O)CC1)C1CC=C(O)CC1. The van der Waals surface area contributed by atoms with Crippen molar-refractivity contribution >= 4 is 0 Å². The molecule has 96 valence electrons. The Balaban J connectivity index is 2.08. The summed E-state index contributed by atoms with van der Waals surface area (Å²) < 4.78 is 0. The van der Waals surface area contributed by atoms with Crippen molar-refractivity contribution in [2.75, 3.05) is 0 Å².